The Morgan fingerprint density at radius 3 is 2.82 bits per heavy atom. The molecule has 2 aromatic heterocycles. The maximum atomic E-state index is 4.51. The molecule has 22 heavy (non-hydrogen) atoms. The maximum absolute atomic E-state index is 4.51. The number of nitrogens with one attached hydrogen (secondary N) is 1. The molecule has 1 aliphatic rings. The Morgan fingerprint density at radius 1 is 1.32 bits per heavy atom. The van der Waals surface area contributed by atoms with E-state index in [-0.39, 0.29) is 0 Å². The van der Waals surface area contributed by atoms with Crippen LogP contribution in [-0.4, -0.2) is 46.2 Å². The molecule has 0 aliphatic heterocycles. The molecule has 5 heteroatoms. The first-order valence-electron chi connectivity index (χ1n) is 8.36. The molecule has 0 spiro atoms. The van der Waals surface area contributed by atoms with Crippen LogP contribution >= 0.6 is 0 Å². The number of nitrogens with zero attached hydrogens (tertiary/aromatic N) is 4. The molecule has 1 unspecified atom stereocenters. The smallest absolute Gasteiger partial charge is 0.152 e. The zero-order valence-electron chi connectivity index (χ0n) is 13.9. The predicted molar refractivity (Wildman–Crippen MR) is 90.3 cm³/mol. The van der Waals surface area contributed by atoms with Crippen LogP contribution in [-0.2, 0) is 0 Å². The minimum absolute atomic E-state index is 0.561. The van der Waals surface area contributed by atoms with Crippen LogP contribution < -0.4 is 5.32 Å². The third-order valence-electron chi connectivity index (χ3n) is 4.85. The van der Waals surface area contributed by atoms with E-state index in [9.17, 15) is 0 Å². The van der Waals surface area contributed by atoms with E-state index in [1.54, 1.807) is 0 Å². The van der Waals surface area contributed by atoms with Gasteiger partial charge in [0.05, 0.1) is 5.69 Å². The number of aromatic nitrogens is 3. The Balaban J connectivity index is 1.73. The van der Waals surface area contributed by atoms with Crippen molar-refractivity contribution in [2.24, 2.45) is 5.92 Å². The van der Waals surface area contributed by atoms with Gasteiger partial charge < -0.3 is 10.2 Å². The van der Waals surface area contributed by atoms with E-state index in [0.29, 0.717) is 6.04 Å². The van der Waals surface area contributed by atoms with Crippen LogP contribution in [0.25, 0.3) is 5.52 Å². The Bertz CT molecular complexity index is 613. The molecule has 0 radical (unpaired) electrons. The van der Waals surface area contributed by atoms with Gasteiger partial charge in [0.2, 0.25) is 0 Å². The second-order valence-corrected chi connectivity index (χ2v) is 6.70. The standard InChI is InChI=1S/C17H27N5/c1-13-11-15-17(18-9-10-22(15)20-13)19-12-16(21(2)3)14-7-5-4-6-8-14/h9-11,14,16H,4-8,12H2,1-3H3,(H,18,19). The first-order chi connectivity index (χ1) is 10.6. The maximum Gasteiger partial charge on any atom is 0.152 e. The fourth-order valence-corrected chi connectivity index (χ4v) is 3.67. The summed E-state index contributed by atoms with van der Waals surface area (Å²) in [5.74, 6) is 1.73. The molecule has 3 rings (SSSR count). The molecule has 0 bridgehead atoms. The van der Waals surface area contributed by atoms with Gasteiger partial charge in [-0.3, -0.25) is 0 Å². The third kappa shape index (κ3) is 3.24. The number of hydrogen-bond acceptors (Lipinski definition) is 4. The summed E-state index contributed by atoms with van der Waals surface area (Å²) in [6, 6.07) is 2.65. The summed E-state index contributed by atoms with van der Waals surface area (Å²) >= 11 is 0. The summed E-state index contributed by atoms with van der Waals surface area (Å²) in [6.45, 7) is 2.95. The summed E-state index contributed by atoms with van der Waals surface area (Å²) in [6.07, 6.45) is 10.6. The number of anilines is 1. The Labute approximate surface area is 132 Å². The van der Waals surface area contributed by atoms with Gasteiger partial charge in [0, 0.05) is 25.0 Å². The first kappa shape index (κ1) is 15.3. The van der Waals surface area contributed by atoms with Crippen molar-refractivity contribution in [3.05, 3.63) is 24.2 Å². The summed E-state index contributed by atoms with van der Waals surface area (Å²) in [5, 5.41) is 8.02. The molecule has 0 saturated heterocycles. The summed E-state index contributed by atoms with van der Waals surface area (Å²) < 4.78 is 1.90. The molecule has 1 saturated carbocycles. The number of hydrogen-bond donors (Lipinski definition) is 1. The van der Waals surface area contributed by atoms with Gasteiger partial charge in [0.15, 0.2) is 5.82 Å². The van der Waals surface area contributed by atoms with Crippen LogP contribution in [0.5, 0.6) is 0 Å². The minimum Gasteiger partial charge on any atom is -0.367 e. The lowest BCUT2D eigenvalue weighted by Gasteiger charge is -2.35. The predicted octanol–water partition coefficient (Wildman–Crippen LogP) is 2.96. The van der Waals surface area contributed by atoms with Gasteiger partial charge in [0.25, 0.3) is 0 Å². The van der Waals surface area contributed by atoms with Crippen molar-refractivity contribution in [2.75, 3.05) is 26.0 Å². The van der Waals surface area contributed by atoms with Crippen molar-refractivity contribution in [1.82, 2.24) is 19.5 Å². The normalized spacial score (nSPS) is 18.0. The average Bonchev–Trinajstić information content (AvgIpc) is 2.89. The van der Waals surface area contributed by atoms with Crippen LogP contribution in [0.1, 0.15) is 37.8 Å². The molecule has 1 N–H and O–H groups in total. The molecule has 2 heterocycles. The van der Waals surface area contributed by atoms with E-state index in [4.69, 9.17) is 0 Å². The molecule has 1 aliphatic carbocycles. The van der Waals surface area contributed by atoms with E-state index in [2.05, 4.69) is 40.5 Å². The molecule has 5 nitrogen and oxygen atoms in total. The fraction of sp³-hybridized carbons (Fsp3) is 0.647. The largest absolute Gasteiger partial charge is 0.367 e. The lowest BCUT2D eigenvalue weighted by atomic mass is 9.83. The lowest BCUT2D eigenvalue weighted by Crippen LogP contribution is -2.41. The fourth-order valence-electron chi connectivity index (χ4n) is 3.67. The highest BCUT2D eigenvalue weighted by molar-refractivity contribution is 5.67. The van der Waals surface area contributed by atoms with E-state index < -0.39 is 0 Å². The Morgan fingerprint density at radius 2 is 2.09 bits per heavy atom. The topological polar surface area (TPSA) is 45.5 Å². The molecule has 0 aromatic carbocycles. The lowest BCUT2D eigenvalue weighted by molar-refractivity contribution is 0.179. The third-order valence-corrected chi connectivity index (χ3v) is 4.85. The molecule has 120 valence electrons. The SMILES string of the molecule is Cc1cc2c(NCC(C3CCCCC3)N(C)C)nccn2n1. The van der Waals surface area contributed by atoms with Gasteiger partial charge in [-0.25, -0.2) is 9.50 Å². The van der Waals surface area contributed by atoms with Gasteiger partial charge in [-0.05, 0) is 45.8 Å². The second kappa shape index (κ2) is 6.65. The van der Waals surface area contributed by atoms with Gasteiger partial charge in [0.1, 0.15) is 5.52 Å². The zero-order valence-corrected chi connectivity index (χ0v) is 13.9. The van der Waals surface area contributed by atoms with Crippen molar-refractivity contribution in [1.29, 1.82) is 0 Å². The van der Waals surface area contributed by atoms with E-state index in [1.165, 1.54) is 32.1 Å². The van der Waals surface area contributed by atoms with Crippen LogP contribution in [0.15, 0.2) is 18.5 Å². The number of rotatable bonds is 5. The van der Waals surface area contributed by atoms with Crippen molar-refractivity contribution >= 4 is 11.3 Å². The first-order valence-corrected chi connectivity index (χ1v) is 8.36. The number of likely N-dealkylation sites (N-methyl/N-ethyl adjacent to an activating group) is 1. The highest BCUT2D eigenvalue weighted by atomic mass is 15.2. The number of aryl methyl sites for hydroxylation is 1. The van der Waals surface area contributed by atoms with Crippen LogP contribution in [0.2, 0.25) is 0 Å². The summed E-state index contributed by atoms with van der Waals surface area (Å²) in [4.78, 5) is 6.87. The van der Waals surface area contributed by atoms with Crippen LogP contribution in [0.3, 0.4) is 0 Å². The summed E-state index contributed by atoms with van der Waals surface area (Å²) in [5.41, 5.74) is 2.08. The molecular formula is C17H27N5. The monoisotopic (exact) mass is 301 g/mol. The van der Waals surface area contributed by atoms with Gasteiger partial charge in [-0.1, -0.05) is 19.3 Å². The quantitative estimate of drug-likeness (QED) is 0.922. The molecule has 1 fully saturated rings. The van der Waals surface area contributed by atoms with E-state index >= 15 is 0 Å². The molecular weight excluding hydrogens is 274 g/mol. The molecule has 0 amide bonds. The average molecular weight is 301 g/mol. The van der Waals surface area contributed by atoms with Gasteiger partial charge in [-0.2, -0.15) is 5.10 Å². The van der Waals surface area contributed by atoms with Crippen molar-refractivity contribution < 1.29 is 0 Å². The van der Waals surface area contributed by atoms with Crippen molar-refractivity contribution in [3.63, 3.8) is 0 Å². The van der Waals surface area contributed by atoms with E-state index in [0.717, 1.165) is 29.5 Å². The Kier molecular flexibility index (Phi) is 4.62. The van der Waals surface area contributed by atoms with Crippen molar-refractivity contribution in [3.8, 4) is 0 Å². The molecule has 1 atom stereocenters. The van der Waals surface area contributed by atoms with Crippen molar-refractivity contribution in [2.45, 2.75) is 45.1 Å². The van der Waals surface area contributed by atoms with Gasteiger partial charge >= 0.3 is 0 Å². The van der Waals surface area contributed by atoms with E-state index in [1.807, 2.05) is 23.8 Å². The second-order valence-electron chi connectivity index (χ2n) is 6.70. The van der Waals surface area contributed by atoms with Gasteiger partial charge in [-0.15, -0.1) is 0 Å². The number of fused-ring (bicyclic) bond motifs is 1. The molecule has 2 aromatic rings. The summed E-state index contributed by atoms with van der Waals surface area (Å²) in [7, 11) is 4.38. The highest BCUT2D eigenvalue weighted by Crippen LogP contribution is 2.28. The van der Waals surface area contributed by atoms with Crippen LogP contribution in [0, 0.1) is 12.8 Å². The minimum atomic E-state index is 0.561. The zero-order chi connectivity index (χ0) is 15.5. The Hall–Kier alpha value is -1.62. The van der Waals surface area contributed by atoms with Crippen LogP contribution in [0.4, 0.5) is 5.82 Å². The highest BCUT2D eigenvalue weighted by Gasteiger charge is 2.25.